The fourth-order valence-corrected chi connectivity index (χ4v) is 4.64. The molecule has 1 aliphatic rings. The van der Waals surface area contributed by atoms with Crippen LogP contribution < -0.4 is 0 Å². The van der Waals surface area contributed by atoms with Gasteiger partial charge in [0.05, 0.1) is 0 Å². The van der Waals surface area contributed by atoms with Crippen LogP contribution in [0.5, 0.6) is 0 Å². The van der Waals surface area contributed by atoms with Crippen LogP contribution >= 0.6 is 11.8 Å². The molecule has 0 spiro atoms. The van der Waals surface area contributed by atoms with Crippen LogP contribution in [0.4, 0.5) is 0 Å². The molecule has 0 saturated heterocycles. The summed E-state index contributed by atoms with van der Waals surface area (Å²) < 4.78 is 0. The lowest BCUT2D eigenvalue weighted by Crippen LogP contribution is -2.30. The van der Waals surface area contributed by atoms with Gasteiger partial charge in [-0.2, -0.15) is 11.8 Å². The summed E-state index contributed by atoms with van der Waals surface area (Å²) in [6.07, 6.45) is 5.74. The Labute approximate surface area is 160 Å². The molecular weight excluding hydrogens is 336 g/mol. The summed E-state index contributed by atoms with van der Waals surface area (Å²) >= 11 is 2.04. The standard InChI is InChI=1S/C23H26N2S/c1-18-5-4-6-20(15-18)19-9-11-25(12-10-19)13-14-26-17-21-16-24-23-8-3-2-7-22(21)23/h2-9,15-16,24H,10-14,17H2,1H3. The molecule has 0 fully saturated rings. The molecule has 0 unspecified atom stereocenters. The molecule has 1 aliphatic heterocycles. The summed E-state index contributed by atoms with van der Waals surface area (Å²) in [7, 11) is 0. The molecule has 1 aromatic heterocycles. The van der Waals surface area contributed by atoms with Gasteiger partial charge >= 0.3 is 0 Å². The van der Waals surface area contributed by atoms with Gasteiger partial charge in [-0.05, 0) is 36.1 Å². The van der Waals surface area contributed by atoms with Gasteiger partial charge in [0, 0.05) is 48.2 Å². The van der Waals surface area contributed by atoms with Gasteiger partial charge in [0.15, 0.2) is 0 Å². The Hall–Kier alpha value is -1.97. The van der Waals surface area contributed by atoms with Crippen molar-refractivity contribution < 1.29 is 0 Å². The normalized spacial score (nSPS) is 15.3. The lowest BCUT2D eigenvalue weighted by molar-refractivity contribution is 0.321. The van der Waals surface area contributed by atoms with Gasteiger partial charge in [-0.3, -0.25) is 4.90 Å². The molecule has 2 heterocycles. The quantitative estimate of drug-likeness (QED) is 0.584. The number of H-pyrrole nitrogens is 1. The predicted molar refractivity (Wildman–Crippen MR) is 115 cm³/mol. The SMILES string of the molecule is Cc1cccc(C2=CCN(CCSCc3c[nH]c4ccccc34)CC2)c1. The highest BCUT2D eigenvalue weighted by Crippen LogP contribution is 2.24. The lowest BCUT2D eigenvalue weighted by Gasteiger charge is -2.26. The van der Waals surface area contributed by atoms with Crippen molar-refractivity contribution in [2.75, 3.05) is 25.4 Å². The summed E-state index contributed by atoms with van der Waals surface area (Å²) in [5.74, 6) is 2.27. The third-order valence-corrected chi connectivity index (χ3v) is 6.15. The minimum absolute atomic E-state index is 1.08. The number of aryl methyl sites for hydroxylation is 1. The minimum Gasteiger partial charge on any atom is -0.361 e. The highest BCUT2D eigenvalue weighted by molar-refractivity contribution is 7.98. The Morgan fingerprint density at radius 1 is 1.12 bits per heavy atom. The molecule has 2 aromatic carbocycles. The number of hydrogen-bond donors (Lipinski definition) is 1. The zero-order valence-electron chi connectivity index (χ0n) is 15.4. The molecule has 26 heavy (non-hydrogen) atoms. The first-order valence-electron chi connectivity index (χ1n) is 9.41. The molecule has 134 valence electrons. The van der Waals surface area contributed by atoms with Crippen LogP contribution in [0.3, 0.4) is 0 Å². The zero-order chi connectivity index (χ0) is 17.8. The average molecular weight is 363 g/mol. The molecule has 0 radical (unpaired) electrons. The van der Waals surface area contributed by atoms with Crippen LogP contribution in [0.1, 0.15) is 23.1 Å². The molecule has 0 bridgehead atoms. The van der Waals surface area contributed by atoms with Crippen molar-refractivity contribution in [1.29, 1.82) is 0 Å². The zero-order valence-corrected chi connectivity index (χ0v) is 16.2. The molecule has 0 aliphatic carbocycles. The Morgan fingerprint density at radius 3 is 2.88 bits per heavy atom. The highest BCUT2D eigenvalue weighted by atomic mass is 32.2. The number of para-hydroxylation sites is 1. The molecule has 2 nitrogen and oxygen atoms in total. The number of hydrogen-bond acceptors (Lipinski definition) is 2. The van der Waals surface area contributed by atoms with Crippen LogP contribution in [0.2, 0.25) is 0 Å². The number of rotatable bonds is 6. The first-order chi connectivity index (χ1) is 12.8. The summed E-state index contributed by atoms with van der Waals surface area (Å²) in [6.45, 7) is 5.60. The predicted octanol–water partition coefficient (Wildman–Crippen LogP) is 5.50. The van der Waals surface area contributed by atoms with Crippen LogP contribution in [0.25, 0.3) is 16.5 Å². The molecular formula is C23H26N2S. The van der Waals surface area contributed by atoms with Crippen LogP contribution in [0.15, 0.2) is 60.8 Å². The number of thioether (sulfide) groups is 1. The third kappa shape index (κ3) is 4.05. The van der Waals surface area contributed by atoms with E-state index in [1.54, 1.807) is 0 Å². The van der Waals surface area contributed by atoms with Crippen molar-refractivity contribution in [3.63, 3.8) is 0 Å². The van der Waals surface area contributed by atoms with Gasteiger partial charge in [-0.25, -0.2) is 0 Å². The van der Waals surface area contributed by atoms with Crippen molar-refractivity contribution in [1.82, 2.24) is 9.88 Å². The molecule has 3 heteroatoms. The van der Waals surface area contributed by atoms with Gasteiger partial charge < -0.3 is 4.98 Å². The van der Waals surface area contributed by atoms with Crippen molar-refractivity contribution in [2.24, 2.45) is 0 Å². The van der Waals surface area contributed by atoms with Crippen LogP contribution in [0, 0.1) is 6.92 Å². The third-order valence-electron chi connectivity index (χ3n) is 5.17. The van der Waals surface area contributed by atoms with Gasteiger partial charge in [-0.15, -0.1) is 0 Å². The van der Waals surface area contributed by atoms with Gasteiger partial charge in [0.1, 0.15) is 0 Å². The highest BCUT2D eigenvalue weighted by Gasteiger charge is 2.13. The number of fused-ring (bicyclic) bond motifs is 1. The van der Waals surface area contributed by atoms with Gasteiger partial charge in [0.25, 0.3) is 0 Å². The second-order valence-electron chi connectivity index (χ2n) is 7.06. The largest absolute Gasteiger partial charge is 0.361 e. The van der Waals surface area contributed by atoms with E-state index in [9.17, 15) is 0 Å². The Bertz CT molecular complexity index is 909. The van der Waals surface area contributed by atoms with Crippen molar-refractivity contribution >= 4 is 28.2 Å². The molecule has 0 atom stereocenters. The van der Waals surface area contributed by atoms with E-state index in [1.807, 2.05) is 11.8 Å². The maximum absolute atomic E-state index is 3.37. The fourth-order valence-electron chi connectivity index (χ4n) is 3.65. The summed E-state index contributed by atoms with van der Waals surface area (Å²) in [5, 5.41) is 1.36. The smallest absolute Gasteiger partial charge is 0.0457 e. The van der Waals surface area contributed by atoms with E-state index in [2.05, 4.69) is 77.6 Å². The van der Waals surface area contributed by atoms with E-state index in [0.717, 1.165) is 18.7 Å². The van der Waals surface area contributed by atoms with E-state index in [4.69, 9.17) is 0 Å². The van der Waals surface area contributed by atoms with E-state index < -0.39 is 0 Å². The van der Waals surface area contributed by atoms with E-state index in [1.165, 1.54) is 52.0 Å². The second-order valence-corrected chi connectivity index (χ2v) is 8.17. The number of nitrogens with zero attached hydrogens (tertiary/aromatic N) is 1. The van der Waals surface area contributed by atoms with Crippen LogP contribution in [-0.2, 0) is 5.75 Å². The number of benzene rings is 2. The van der Waals surface area contributed by atoms with Crippen molar-refractivity contribution in [2.45, 2.75) is 19.1 Å². The maximum Gasteiger partial charge on any atom is 0.0457 e. The first-order valence-corrected chi connectivity index (χ1v) is 10.6. The molecule has 3 aromatic rings. The number of aromatic nitrogens is 1. The van der Waals surface area contributed by atoms with E-state index >= 15 is 0 Å². The van der Waals surface area contributed by atoms with E-state index in [0.29, 0.717) is 0 Å². The topological polar surface area (TPSA) is 19.0 Å². The molecule has 4 rings (SSSR count). The summed E-state index contributed by atoms with van der Waals surface area (Å²) in [6, 6.07) is 17.5. The summed E-state index contributed by atoms with van der Waals surface area (Å²) in [5.41, 5.74) is 6.92. The first kappa shape index (κ1) is 17.4. The number of nitrogens with one attached hydrogen (secondary N) is 1. The average Bonchev–Trinajstić information content (AvgIpc) is 3.09. The Kier molecular flexibility index (Phi) is 5.47. The Morgan fingerprint density at radius 2 is 2.04 bits per heavy atom. The fraction of sp³-hybridized carbons (Fsp3) is 0.304. The van der Waals surface area contributed by atoms with E-state index in [-0.39, 0.29) is 0 Å². The second kappa shape index (κ2) is 8.15. The van der Waals surface area contributed by atoms with Gasteiger partial charge in [0.2, 0.25) is 0 Å². The monoisotopic (exact) mass is 362 g/mol. The van der Waals surface area contributed by atoms with Crippen LogP contribution in [-0.4, -0.2) is 35.3 Å². The van der Waals surface area contributed by atoms with Gasteiger partial charge in [-0.1, -0.05) is 54.1 Å². The molecule has 1 N–H and O–H groups in total. The maximum atomic E-state index is 3.37. The minimum atomic E-state index is 1.08. The molecule has 0 amide bonds. The molecule has 0 saturated carbocycles. The van der Waals surface area contributed by atoms with Crippen molar-refractivity contribution in [3.05, 3.63) is 77.5 Å². The lowest BCUT2D eigenvalue weighted by atomic mass is 9.98. The summed E-state index contributed by atoms with van der Waals surface area (Å²) in [4.78, 5) is 5.94. The van der Waals surface area contributed by atoms with Crippen molar-refractivity contribution in [3.8, 4) is 0 Å². The Balaban J connectivity index is 1.25. The number of aromatic amines is 1.